The summed E-state index contributed by atoms with van der Waals surface area (Å²) in [6.07, 6.45) is -2.22. The highest BCUT2D eigenvalue weighted by Gasteiger charge is 2.22. The molecule has 2 atom stereocenters. The van der Waals surface area contributed by atoms with Crippen molar-refractivity contribution in [2.45, 2.75) is 45.9 Å². The van der Waals surface area contributed by atoms with Gasteiger partial charge in [-0.15, -0.1) is 0 Å². The van der Waals surface area contributed by atoms with E-state index >= 15 is 0 Å². The van der Waals surface area contributed by atoms with Gasteiger partial charge >= 0.3 is 12.1 Å². The highest BCUT2D eigenvalue weighted by Crippen LogP contribution is 2.09. The predicted octanol–water partition coefficient (Wildman–Crippen LogP) is 0.940. The zero-order valence-electron chi connectivity index (χ0n) is 9.98. The van der Waals surface area contributed by atoms with Crippen LogP contribution in [0.1, 0.15) is 34.1 Å². The molecule has 0 spiro atoms. The van der Waals surface area contributed by atoms with Crippen LogP contribution in [-0.2, 0) is 9.53 Å². The fraction of sp³-hybridized carbons (Fsp3) is 0.800. The molecule has 94 valence electrons. The second-order valence-corrected chi connectivity index (χ2v) is 4.67. The number of carboxylic acid groups (broad SMARTS) is 1. The molecule has 1 amide bonds. The molecule has 0 rings (SSSR count). The number of hydrogen-bond acceptors (Lipinski definition) is 4. The summed E-state index contributed by atoms with van der Waals surface area (Å²) >= 11 is 0. The molecule has 0 aliphatic rings. The number of aliphatic hydroxyl groups excluding tert-OH is 1. The van der Waals surface area contributed by atoms with Crippen LogP contribution in [0, 0.1) is 5.92 Å². The molecule has 0 saturated carbocycles. The van der Waals surface area contributed by atoms with E-state index < -0.39 is 29.8 Å². The lowest BCUT2D eigenvalue weighted by atomic mass is 10.1. The lowest BCUT2D eigenvalue weighted by Crippen LogP contribution is -2.42. The summed E-state index contributed by atoms with van der Waals surface area (Å²) in [6, 6.07) is 0. The van der Waals surface area contributed by atoms with Crippen molar-refractivity contribution in [3.63, 3.8) is 0 Å². The first-order valence-electron chi connectivity index (χ1n) is 5.01. The minimum Gasteiger partial charge on any atom is -0.481 e. The highest BCUT2D eigenvalue weighted by atomic mass is 16.6. The SMILES string of the molecule is CC(CC(=O)O)C(O)NC(=O)OC(C)(C)C. The number of carbonyl (C=O) groups is 2. The molecule has 0 bridgehead atoms. The second kappa shape index (κ2) is 5.69. The Morgan fingerprint density at radius 2 is 1.88 bits per heavy atom. The molecule has 0 aliphatic heterocycles. The van der Waals surface area contributed by atoms with E-state index in [1.807, 2.05) is 0 Å². The van der Waals surface area contributed by atoms with Crippen LogP contribution in [0.5, 0.6) is 0 Å². The smallest absolute Gasteiger partial charge is 0.409 e. The Labute approximate surface area is 94.6 Å². The Kier molecular flexibility index (Phi) is 5.23. The minimum absolute atomic E-state index is 0.225. The Bertz CT molecular complexity index is 258. The van der Waals surface area contributed by atoms with E-state index in [1.165, 1.54) is 6.92 Å². The normalized spacial score (nSPS) is 15.1. The third-order valence-corrected chi connectivity index (χ3v) is 1.70. The monoisotopic (exact) mass is 233 g/mol. The van der Waals surface area contributed by atoms with Crippen molar-refractivity contribution in [3.05, 3.63) is 0 Å². The van der Waals surface area contributed by atoms with Gasteiger partial charge in [0, 0.05) is 5.92 Å². The maximum atomic E-state index is 11.2. The highest BCUT2D eigenvalue weighted by molar-refractivity contribution is 5.69. The molecule has 0 aromatic rings. The van der Waals surface area contributed by atoms with Gasteiger partial charge in [0.1, 0.15) is 11.8 Å². The summed E-state index contributed by atoms with van der Waals surface area (Å²) in [7, 11) is 0. The van der Waals surface area contributed by atoms with Crippen molar-refractivity contribution in [2.24, 2.45) is 5.92 Å². The zero-order chi connectivity index (χ0) is 12.9. The summed E-state index contributed by atoms with van der Waals surface area (Å²) in [4.78, 5) is 21.6. The molecule has 0 fully saturated rings. The number of carbonyl (C=O) groups excluding carboxylic acids is 1. The van der Waals surface area contributed by atoms with Crippen LogP contribution in [0.3, 0.4) is 0 Å². The van der Waals surface area contributed by atoms with Crippen molar-refractivity contribution in [3.8, 4) is 0 Å². The quantitative estimate of drug-likeness (QED) is 0.628. The molecule has 0 heterocycles. The zero-order valence-corrected chi connectivity index (χ0v) is 9.98. The van der Waals surface area contributed by atoms with Crippen molar-refractivity contribution >= 4 is 12.1 Å². The van der Waals surface area contributed by atoms with Gasteiger partial charge in [0.15, 0.2) is 0 Å². The predicted molar refractivity (Wildman–Crippen MR) is 56.8 cm³/mol. The Balaban J connectivity index is 4.09. The van der Waals surface area contributed by atoms with Gasteiger partial charge in [0.2, 0.25) is 0 Å². The Morgan fingerprint density at radius 3 is 2.25 bits per heavy atom. The average Bonchev–Trinajstić information content (AvgIpc) is 1.98. The molecule has 16 heavy (non-hydrogen) atoms. The van der Waals surface area contributed by atoms with Crippen molar-refractivity contribution in [1.29, 1.82) is 0 Å². The summed E-state index contributed by atoms with van der Waals surface area (Å²) in [5.74, 6) is -1.61. The second-order valence-electron chi connectivity index (χ2n) is 4.67. The molecule has 0 aromatic carbocycles. The number of ether oxygens (including phenoxy) is 1. The first-order valence-corrected chi connectivity index (χ1v) is 5.01. The molecule has 6 nitrogen and oxygen atoms in total. The standard InChI is InChI=1S/C10H19NO5/c1-6(5-7(12)13)8(14)11-9(15)16-10(2,3)4/h6,8,14H,5H2,1-4H3,(H,11,15)(H,12,13). The molecule has 0 saturated heterocycles. The van der Waals surface area contributed by atoms with Gasteiger partial charge in [0.25, 0.3) is 0 Å². The van der Waals surface area contributed by atoms with Crippen molar-refractivity contribution in [1.82, 2.24) is 5.32 Å². The third-order valence-electron chi connectivity index (χ3n) is 1.70. The van der Waals surface area contributed by atoms with Crippen LogP contribution < -0.4 is 5.32 Å². The molecular formula is C10H19NO5. The minimum atomic E-state index is -1.23. The van der Waals surface area contributed by atoms with Crippen molar-refractivity contribution in [2.75, 3.05) is 0 Å². The van der Waals surface area contributed by atoms with Crippen LogP contribution >= 0.6 is 0 Å². The molecule has 0 radical (unpaired) electrons. The first kappa shape index (κ1) is 14.7. The van der Waals surface area contributed by atoms with Gasteiger partial charge in [-0.25, -0.2) is 4.79 Å². The topological polar surface area (TPSA) is 95.9 Å². The summed E-state index contributed by atoms with van der Waals surface area (Å²) in [5, 5.41) is 20.1. The molecule has 0 aromatic heterocycles. The van der Waals surface area contributed by atoms with E-state index in [1.54, 1.807) is 20.8 Å². The molecule has 3 N–H and O–H groups in total. The van der Waals surface area contributed by atoms with Gasteiger partial charge in [-0.1, -0.05) is 6.92 Å². The number of aliphatic hydroxyl groups is 1. The van der Waals surface area contributed by atoms with Gasteiger partial charge in [-0.2, -0.15) is 0 Å². The fourth-order valence-corrected chi connectivity index (χ4v) is 0.958. The number of aliphatic carboxylic acids is 1. The summed E-state index contributed by atoms with van der Waals surface area (Å²) in [6.45, 7) is 6.61. The molecule has 6 heteroatoms. The van der Waals surface area contributed by atoms with E-state index in [0.29, 0.717) is 0 Å². The molecule has 2 unspecified atom stereocenters. The Hall–Kier alpha value is -1.30. The van der Waals surface area contributed by atoms with E-state index in [9.17, 15) is 14.7 Å². The Morgan fingerprint density at radius 1 is 1.38 bits per heavy atom. The largest absolute Gasteiger partial charge is 0.481 e. The average molecular weight is 233 g/mol. The van der Waals surface area contributed by atoms with Crippen LogP contribution in [0.2, 0.25) is 0 Å². The molecule has 0 aliphatic carbocycles. The molecular weight excluding hydrogens is 214 g/mol. The maximum Gasteiger partial charge on any atom is 0.409 e. The summed E-state index contributed by atoms with van der Waals surface area (Å²) in [5.41, 5.74) is -0.653. The van der Waals surface area contributed by atoms with E-state index in [4.69, 9.17) is 9.84 Å². The van der Waals surface area contributed by atoms with Gasteiger partial charge in [-0.05, 0) is 20.8 Å². The van der Waals surface area contributed by atoms with Gasteiger partial charge < -0.3 is 14.9 Å². The number of nitrogens with one attached hydrogen (secondary N) is 1. The number of amides is 1. The number of rotatable bonds is 4. The number of carboxylic acids is 1. The third kappa shape index (κ3) is 7.05. The fourth-order valence-electron chi connectivity index (χ4n) is 0.958. The maximum absolute atomic E-state index is 11.2. The van der Waals surface area contributed by atoms with Crippen molar-refractivity contribution < 1.29 is 24.5 Å². The van der Waals surface area contributed by atoms with Crippen LogP contribution in [0.15, 0.2) is 0 Å². The number of hydrogen-bond donors (Lipinski definition) is 3. The van der Waals surface area contributed by atoms with E-state index in [2.05, 4.69) is 5.32 Å². The van der Waals surface area contributed by atoms with E-state index in [0.717, 1.165) is 0 Å². The van der Waals surface area contributed by atoms with Gasteiger partial charge in [0.05, 0.1) is 6.42 Å². The van der Waals surface area contributed by atoms with Gasteiger partial charge in [-0.3, -0.25) is 10.1 Å². The first-order chi connectivity index (χ1) is 7.11. The van der Waals surface area contributed by atoms with Crippen LogP contribution in [0.4, 0.5) is 4.79 Å². The van der Waals surface area contributed by atoms with Crippen LogP contribution in [-0.4, -0.2) is 34.1 Å². The number of alkyl carbamates (subject to hydrolysis) is 1. The van der Waals surface area contributed by atoms with Crippen LogP contribution in [0.25, 0.3) is 0 Å². The lowest BCUT2D eigenvalue weighted by Gasteiger charge is -2.23. The lowest BCUT2D eigenvalue weighted by molar-refractivity contribution is -0.139. The summed E-state index contributed by atoms with van der Waals surface area (Å²) < 4.78 is 4.91. The van der Waals surface area contributed by atoms with E-state index in [-0.39, 0.29) is 6.42 Å².